The van der Waals surface area contributed by atoms with Crippen LogP contribution in [0, 0.1) is 0 Å². The number of methoxy groups -OCH3 is 1. The lowest BCUT2D eigenvalue weighted by Gasteiger charge is -2.29. The molecule has 0 aromatic heterocycles. The Morgan fingerprint density at radius 3 is 2.68 bits per heavy atom. The average Bonchev–Trinajstić information content (AvgIpc) is 2.50. The van der Waals surface area contributed by atoms with E-state index in [1.807, 2.05) is 0 Å². The van der Waals surface area contributed by atoms with Crippen molar-refractivity contribution in [2.45, 2.75) is 18.5 Å². The van der Waals surface area contributed by atoms with Crippen LogP contribution in [0.3, 0.4) is 0 Å². The molecule has 120 valence electrons. The zero-order chi connectivity index (χ0) is 16.5. The van der Waals surface area contributed by atoms with Crippen LogP contribution in [0.2, 0.25) is 0 Å². The summed E-state index contributed by atoms with van der Waals surface area (Å²) in [6, 6.07) is 4.26. The predicted molar refractivity (Wildman–Crippen MR) is 74.5 cm³/mol. The maximum absolute atomic E-state index is 13.9. The van der Waals surface area contributed by atoms with Gasteiger partial charge in [-0.15, -0.1) is 0 Å². The van der Waals surface area contributed by atoms with Crippen molar-refractivity contribution >= 4 is 28.0 Å². The van der Waals surface area contributed by atoms with E-state index in [1.165, 1.54) is 18.2 Å². The standard InChI is InChI=1S/C14H11BrF4O3/c1-21-13(20)9-5-7-3-2-4-8(10(16)6-15)11(7)22-12(9)14(17,18)19/h2-5,10,12H,6H2,1H3. The van der Waals surface area contributed by atoms with Gasteiger partial charge in [-0.25, -0.2) is 9.18 Å². The molecule has 0 fully saturated rings. The molecular formula is C14H11BrF4O3. The first-order valence-electron chi connectivity index (χ1n) is 6.15. The van der Waals surface area contributed by atoms with Crippen LogP contribution in [0.1, 0.15) is 17.3 Å². The van der Waals surface area contributed by atoms with E-state index in [9.17, 15) is 22.4 Å². The number of ether oxygens (including phenoxy) is 2. The third kappa shape index (κ3) is 3.11. The quantitative estimate of drug-likeness (QED) is 0.450. The van der Waals surface area contributed by atoms with Crippen molar-refractivity contribution in [3.8, 4) is 5.75 Å². The lowest BCUT2D eigenvalue weighted by atomic mass is 9.97. The molecule has 2 unspecified atom stereocenters. The van der Waals surface area contributed by atoms with Crippen LogP contribution in [-0.4, -0.2) is 30.7 Å². The monoisotopic (exact) mass is 382 g/mol. The van der Waals surface area contributed by atoms with Crippen molar-refractivity contribution in [3.05, 3.63) is 34.9 Å². The van der Waals surface area contributed by atoms with Crippen LogP contribution in [0.5, 0.6) is 5.75 Å². The first-order chi connectivity index (χ1) is 10.3. The third-order valence-corrected chi connectivity index (χ3v) is 3.66. The van der Waals surface area contributed by atoms with Gasteiger partial charge in [-0.2, -0.15) is 13.2 Å². The lowest BCUT2D eigenvalue weighted by Crippen LogP contribution is -2.41. The first kappa shape index (κ1) is 16.8. The number of esters is 1. The number of fused-ring (bicyclic) bond motifs is 1. The number of alkyl halides is 5. The minimum absolute atomic E-state index is 0.0104. The van der Waals surface area contributed by atoms with Crippen LogP contribution in [0.25, 0.3) is 6.08 Å². The summed E-state index contributed by atoms with van der Waals surface area (Å²) in [7, 11) is 0.977. The van der Waals surface area contributed by atoms with E-state index in [1.54, 1.807) is 0 Å². The molecular weight excluding hydrogens is 372 g/mol. The molecule has 0 amide bonds. The molecule has 8 heteroatoms. The maximum atomic E-state index is 13.9. The minimum atomic E-state index is -4.83. The highest BCUT2D eigenvalue weighted by Gasteiger charge is 2.49. The molecule has 0 bridgehead atoms. The number of rotatable bonds is 3. The fourth-order valence-electron chi connectivity index (χ4n) is 2.10. The SMILES string of the molecule is COC(=O)C1=Cc2cccc(C(F)CBr)c2OC1C(F)(F)F. The Morgan fingerprint density at radius 1 is 1.45 bits per heavy atom. The molecule has 1 heterocycles. The van der Waals surface area contributed by atoms with Gasteiger partial charge in [0.1, 0.15) is 11.9 Å². The Labute approximate surface area is 132 Å². The van der Waals surface area contributed by atoms with Crippen molar-refractivity contribution in [2.24, 2.45) is 0 Å². The number of hydrogen-bond acceptors (Lipinski definition) is 3. The summed E-state index contributed by atoms with van der Waals surface area (Å²) in [5.74, 6) is -1.36. The van der Waals surface area contributed by atoms with E-state index in [0.717, 1.165) is 13.2 Å². The average molecular weight is 383 g/mol. The minimum Gasteiger partial charge on any atom is -0.475 e. The number of hydrogen-bond donors (Lipinski definition) is 0. The number of benzene rings is 1. The number of carbonyl (C=O) groups is 1. The summed E-state index contributed by atoms with van der Waals surface area (Å²) in [6.45, 7) is 0. The largest absolute Gasteiger partial charge is 0.475 e. The Bertz CT molecular complexity index is 613. The molecule has 0 aliphatic carbocycles. The molecule has 3 nitrogen and oxygen atoms in total. The molecule has 22 heavy (non-hydrogen) atoms. The fourth-order valence-corrected chi connectivity index (χ4v) is 2.45. The Balaban J connectivity index is 2.58. The normalized spacial score (nSPS) is 18.8. The van der Waals surface area contributed by atoms with Gasteiger partial charge in [0, 0.05) is 16.5 Å². The van der Waals surface area contributed by atoms with Crippen molar-refractivity contribution < 1.29 is 31.8 Å². The second-order valence-corrected chi connectivity index (χ2v) is 5.17. The van der Waals surface area contributed by atoms with Crippen molar-refractivity contribution in [2.75, 3.05) is 12.4 Å². The molecule has 1 aromatic rings. The zero-order valence-corrected chi connectivity index (χ0v) is 12.9. The van der Waals surface area contributed by atoms with Crippen molar-refractivity contribution in [1.82, 2.24) is 0 Å². The van der Waals surface area contributed by atoms with Gasteiger partial charge in [-0.05, 0) is 6.08 Å². The Kier molecular flexibility index (Phi) is 4.79. The van der Waals surface area contributed by atoms with Crippen LogP contribution >= 0.6 is 15.9 Å². The molecule has 1 aromatic carbocycles. The number of carbonyl (C=O) groups excluding carboxylic acids is 1. The Hall–Kier alpha value is -1.57. The van der Waals surface area contributed by atoms with Crippen LogP contribution in [0.15, 0.2) is 23.8 Å². The number of halogens is 5. The third-order valence-electron chi connectivity index (χ3n) is 3.10. The molecule has 1 aliphatic heterocycles. The summed E-state index contributed by atoms with van der Waals surface area (Å²) < 4.78 is 62.5. The van der Waals surface area contributed by atoms with Crippen LogP contribution in [0.4, 0.5) is 17.6 Å². The van der Waals surface area contributed by atoms with Gasteiger partial charge in [0.15, 0.2) is 0 Å². The molecule has 1 aliphatic rings. The van der Waals surface area contributed by atoms with Crippen molar-refractivity contribution in [3.63, 3.8) is 0 Å². The van der Waals surface area contributed by atoms with Gasteiger partial charge < -0.3 is 9.47 Å². The highest BCUT2D eigenvalue weighted by molar-refractivity contribution is 9.09. The van der Waals surface area contributed by atoms with Crippen LogP contribution in [-0.2, 0) is 9.53 Å². The molecule has 0 radical (unpaired) electrons. The first-order valence-corrected chi connectivity index (χ1v) is 7.28. The van der Waals surface area contributed by atoms with Gasteiger partial charge in [0.05, 0.1) is 12.7 Å². The maximum Gasteiger partial charge on any atom is 0.430 e. The van der Waals surface area contributed by atoms with Crippen LogP contribution < -0.4 is 4.74 Å². The summed E-state index contributed by atoms with van der Waals surface area (Å²) >= 11 is 2.94. The second kappa shape index (κ2) is 6.28. The summed E-state index contributed by atoms with van der Waals surface area (Å²) in [6.07, 6.45) is -7.83. The molecule has 0 saturated carbocycles. The van der Waals surface area contributed by atoms with E-state index in [4.69, 9.17) is 4.74 Å². The van der Waals surface area contributed by atoms with Gasteiger partial charge in [-0.3, -0.25) is 0 Å². The van der Waals surface area contributed by atoms with E-state index < -0.39 is 30.0 Å². The van der Waals surface area contributed by atoms with E-state index in [-0.39, 0.29) is 22.2 Å². The lowest BCUT2D eigenvalue weighted by molar-refractivity contribution is -0.187. The van der Waals surface area contributed by atoms with E-state index in [2.05, 4.69) is 20.7 Å². The van der Waals surface area contributed by atoms with Gasteiger partial charge in [-0.1, -0.05) is 34.1 Å². The fraction of sp³-hybridized carbons (Fsp3) is 0.357. The summed E-state index contributed by atoms with van der Waals surface area (Å²) in [5, 5.41) is -0.0862. The van der Waals surface area contributed by atoms with Crippen molar-refractivity contribution in [1.29, 1.82) is 0 Å². The molecule has 0 N–H and O–H groups in total. The predicted octanol–water partition coefficient (Wildman–Crippen LogP) is 3.97. The summed E-state index contributed by atoms with van der Waals surface area (Å²) in [5.41, 5.74) is -0.486. The smallest absolute Gasteiger partial charge is 0.430 e. The highest BCUT2D eigenvalue weighted by Crippen LogP contribution is 2.41. The Morgan fingerprint density at radius 2 is 2.14 bits per heavy atom. The van der Waals surface area contributed by atoms with Gasteiger partial charge in [0.2, 0.25) is 6.10 Å². The van der Waals surface area contributed by atoms with E-state index in [0.29, 0.717) is 0 Å². The second-order valence-electron chi connectivity index (χ2n) is 4.52. The molecule has 2 atom stereocenters. The molecule has 0 spiro atoms. The highest BCUT2D eigenvalue weighted by atomic mass is 79.9. The number of para-hydroxylation sites is 1. The van der Waals surface area contributed by atoms with E-state index >= 15 is 0 Å². The summed E-state index contributed by atoms with van der Waals surface area (Å²) in [4.78, 5) is 11.6. The van der Waals surface area contributed by atoms with Gasteiger partial charge in [0.25, 0.3) is 0 Å². The molecule has 2 rings (SSSR count). The molecule has 0 saturated heterocycles. The zero-order valence-electron chi connectivity index (χ0n) is 11.3. The topological polar surface area (TPSA) is 35.5 Å². The van der Waals surface area contributed by atoms with Gasteiger partial charge >= 0.3 is 12.1 Å².